The second-order valence-electron chi connectivity index (χ2n) is 8.97. The van der Waals surface area contributed by atoms with Crippen LogP contribution in [0.2, 0.25) is 0 Å². The van der Waals surface area contributed by atoms with Crippen LogP contribution in [0.15, 0.2) is 65.2 Å². The minimum Gasteiger partial charge on any atom is -0.486 e. The Bertz CT molecular complexity index is 1440. The summed E-state index contributed by atoms with van der Waals surface area (Å²) in [5.41, 5.74) is 4.40. The van der Waals surface area contributed by atoms with E-state index in [1.54, 1.807) is 25.3 Å². The third kappa shape index (κ3) is 4.68. The number of aromatic nitrogens is 1. The molecular weight excluding hydrogens is 456 g/mol. The molecule has 3 heterocycles. The van der Waals surface area contributed by atoms with Gasteiger partial charge in [-0.05, 0) is 49.7 Å². The highest BCUT2D eigenvalue weighted by atomic mass is 16.5. The lowest BCUT2D eigenvalue weighted by atomic mass is 9.96. The Balaban J connectivity index is 1.46. The first-order valence-corrected chi connectivity index (χ1v) is 12.0. The first-order chi connectivity index (χ1) is 17.5. The van der Waals surface area contributed by atoms with Crippen LogP contribution in [-0.4, -0.2) is 36.4 Å². The molecule has 5 rings (SSSR count). The maximum atomic E-state index is 11.9. The first kappa shape index (κ1) is 23.6. The van der Waals surface area contributed by atoms with E-state index >= 15 is 0 Å². The smallest absolute Gasteiger partial charge is 0.338 e. The molecule has 36 heavy (non-hydrogen) atoms. The molecule has 4 aromatic rings. The van der Waals surface area contributed by atoms with Crippen LogP contribution in [0.25, 0.3) is 33.6 Å². The van der Waals surface area contributed by atoms with Crippen molar-refractivity contribution in [1.29, 1.82) is 5.26 Å². The third-order valence-electron chi connectivity index (χ3n) is 6.41. The lowest BCUT2D eigenvalue weighted by molar-refractivity contribution is -0.0344. The van der Waals surface area contributed by atoms with Gasteiger partial charge in [-0.15, -0.1) is 0 Å². The molecule has 0 spiro atoms. The summed E-state index contributed by atoms with van der Waals surface area (Å²) < 4.78 is 23.0. The predicted octanol–water partition coefficient (Wildman–Crippen LogP) is 6.16. The molecule has 0 N–H and O–H groups in total. The van der Waals surface area contributed by atoms with E-state index in [1.807, 2.05) is 42.5 Å². The minimum atomic E-state index is -0.357. The monoisotopic (exact) mass is 482 g/mol. The zero-order valence-electron chi connectivity index (χ0n) is 20.2. The lowest BCUT2D eigenvalue weighted by Gasteiger charge is -2.34. The molecule has 7 nitrogen and oxygen atoms in total. The molecule has 1 aliphatic heterocycles. The van der Waals surface area contributed by atoms with Gasteiger partial charge in [-0.3, -0.25) is 4.98 Å². The van der Waals surface area contributed by atoms with Gasteiger partial charge in [0.1, 0.15) is 28.7 Å². The maximum absolute atomic E-state index is 11.9. The highest BCUT2D eigenvalue weighted by molar-refractivity contribution is 5.93. The van der Waals surface area contributed by atoms with Gasteiger partial charge < -0.3 is 18.6 Å². The molecule has 0 radical (unpaired) electrons. The standard InChI is InChI=1S/C29H26N2O5/c1-3-34-28(32)20-6-4-19(5-7-20)26-17-24-27(35-26)23(10-13-31-24)21-8-9-25(22(16-21)18-30)36-29(2)11-14-33-15-12-29/h4-10,13,16-17H,3,11-12,14-15H2,1-2H3. The van der Waals surface area contributed by atoms with E-state index in [1.165, 1.54) is 0 Å². The van der Waals surface area contributed by atoms with Crippen molar-refractivity contribution >= 4 is 17.1 Å². The fourth-order valence-corrected chi connectivity index (χ4v) is 4.34. The molecule has 0 bridgehead atoms. The number of hydrogen-bond donors (Lipinski definition) is 0. The van der Waals surface area contributed by atoms with E-state index in [0.29, 0.717) is 53.6 Å². The number of hydrogen-bond acceptors (Lipinski definition) is 7. The van der Waals surface area contributed by atoms with Crippen molar-refractivity contribution in [2.75, 3.05) is 19.8 Å². The average Bonchev–Trinajstić information content (AvgIpc) is 3.34. The average molecular weight is 483 g/mol. The molecule has 7 heteroatoms. The Morgan fingerprint density at radius 1 is 1.08 bits per heavy atom. The van der Waals surface area contributed by atoms with Crippen LogP contribution in [0.4, 0.5) is 0 Å². The van der Waals surface area contributed by atoms with Crippen molar-refractivity contribution in [3.8, 4) is 34.3 Å². The summed E-state index contributed by atoms with van der Waals surface area (Å²) in [5, 5.41) is 9.84. The van der Waals surface area contributed by atoms with E-state index in [9.17, 15) is 10.1 Å². The van der Waals surface area contributed by atoms with Crippen LogP contribution in [0.5, 0.6) is 5.75 Å². The summed E-state index contributed by atoms with van der Waals surface area (Å²) in [7, 11) is 0. The number of fused-ring (bicyclic) bond motifs is 1. The number of nitriles is 1. The number of carbonyl (C=O) groups is 1. The molecule has 1 aliphatic rings. The molecule has 0 aliphatic carbocycles. The SMILES string of the molecule is CCOC(=O)c1ccc(-c2cc3nccc(-c4ccc(OC5(C)CCOCC5)c(C#N)c4)c3o2)cc1. The van der Waals surface area contributed by atoms with Gasteiger partial charge in [0.25, 0.3) is 0 Å². The molecule has 0 unspecified atom stereocenters. The summed E-state index contributed by atoms with van der Waals surface area (Å²) in [6.07, 6.45) is 3.28. The van der Waals surface area contributed by atoms with E-state index < -0.39 is 0 Å². The summed E-state index contributed by atoms with van der Waals surface area (Å²) in [5.74, 6) is 0.843. The zero-order chi connectivity index (χ0) is 25.1. The van der Waals surface area contributed by atoms with Crippen LogP contribution < -0.4 is 4.74 Å². The Hall–Kier alpha value is -4.15. The van der Waals surface area contributed by atoms with Gasteiger partial charge >= 0.3 is 5.97 Å². The summed E-state index contributed by atoms with van der Waals surface area (Å²) in [6, 6.07) is 18.7. The Labute approximate surface area is 209 Å². The van der Waals surface area contributed by atoms with E-state index in [4.69, 9.17) is 18.6 Å². The van der Waals surface area contributed by atoms with Gasteiger partial charge in [-0.1, -0.05) is 18.2 Å². The first-order valence-electron chi connectivity index (χ1n) is 12.0. The van der Waals surface area contributed by atoms with Gasteiger partial charge in [-0.2, -0.15) is 5.26 Å². The number of furan rings is 1. The van der Waals surface area contributed by atoms with Crippen LogP contribution in [-0.2, 0) is 9.47 Å². The highest BCUT2D eigenvalue weighted by Gasteiger charge is 2.30. The second-order valence-corrected chi connectivity index (χ2v) is 8.97. The quantitative estimate of drug-likeness (QED) is 0.304. The summed E-state index contributed by atoms with van der Waals surface area (Å²) >= 11 is 0. The van der Waals surface area contributed by atoms with Crippen molar-refractivity contribution in [3.05, 3.63) is 71.9 Å². The van der Waals surface area contributed by atoms with Gasteiger partial charge in [-0.25, -0.2) is 4.79 Å². The molecule has 1 saturated heterocycles. The molecule has 182 valence electrons. The van der Waals surface area contributed by atoms with E-state index in [2.05, 4.69) is 18.0 Å². The van der Waals surface area contributed by atoms with E-state index in [0.717, 1.165) is 29.5 Å². The second kappa shape index (κ2) is 9.84. The van der Waals surface area contributed by atoms with Gasteiger partial charge in [0, 0.05) is 36.2 Å². The fourth-order valence-electron chi connectivity index (χ4n) is 4.34. The summed E-state index contributed by atoms with van der Waals surface area (Å²) in [6.45, 7) is 5.46. The van der Waals surface area contributed by atoms with Crippen molar-refractivity contribution in [2.24, 2.45) is 0 Å². The number of benzene rings is 2. The van der Waals surface area contributed by atoms with Crippen LogP contribution in [0.1, 0.15) is 42.6 Å². The zero-order valence-corrected chi connectivity index (χ0v) is 20.2. The Morgan fingerprint density at radius 3 is 2.56 bits per heavy atom. The van der Waals surface area contributed by atoms with Crippen LogP contribution in [0, 0.1) is 11.3 Å². The van der Waals surface area contributed by atoms with Crippen LogP contribution in [0.3, 0.4) is 0 Å². The Morgan fingerprint density at radius 2 is 1.83 bits per heavy atom. The normalized spacial score (nSPS) is 14.8. The van der Waals surface area contributed by atoms with Gasteiger partial charge in [0.05, 0.1) is 30.9 Å². The van der Waals surface area contributed by atoms with Gasteiger partial charge in [0.15, 0.2) is 5.58 Å². The molecule has 0 amide bonds. The maximum Gasteiger partial charge on any atom is 0.338 e. The van der Waals surface area contributed by atoms with Crippen LogP contribution >= 0.6 is 0 Å². The molecule has 2 aromatic carbocycles. The van der Waals surface area contributed by atoms with E-state index in [-0.39, 0.29) is 11.6 Å². The number of carbonyl (C=O) groups excluding carboxylic acids is 1. The fraction of sp³-hybridized carbons (Fsp3) is 0.276. The number of ether oxygens (including phenoxy) is 3. The third-order valence-corrected chi connectivity index (χ3v) is 6.41. The molecule has 0 saturated carbocycles. The highest BCUT2D eigenvalue weighted by Crippen LogP contribution is 2.36. The van der Waals surface area contributed by atoms with Crippen molar-refractivity contribution in [1.82, 2.24) is 4.98 Å². The van der Waals surface area contributed by atoms with Crippen molar-refractivity contribution in [2.45, 2.75) is 32.3 Å². The Kier molecular flexibility index (Phi) is 6.45. The lowest BCUT2D eigenvalue weighted by Crippen LogP contribution is -2.38. The predicted molar refractivity (Wildman–Crippen MR) is 135 cm³/mol. The minimum absolute atomic E-state index is 0.327. The van der Waals surface area contributed by atoms with Crippen molar-refractivity contribution < 1.29 is 23.4 Å². The summed E-state index contributed by atoms with van der Waals surface area (Å²) in [4.78, 5) is 16.4. The number of pyridine rings is 1. The number of rotatable bonds is 6. The molecule has 2 aromatic heterocycles. The number of nitrogens with zero attached hydrogens (tertiary/aromatic N) is 2. The topological polar surface area (TPSA) is 94.6 Å². The van der Waals surface area contributed by atoms with Crippen molar-refractivity contribution in [3.63, 3.8) is 0 Å². The molecule has 1 fully saturated rings. The molecular formula is C29H26N2O5. The largest absolute Gasteiger partial charge is 0.486 e. The van der Waals surface area contributed by atoms with Gasteiger partial charge in [0.2, 0.25) is 0 Å². The number of esters is 1. The molecule has 0 atom stereocenters.